The minimum Gasteiger partial charge on any atom is -0.468 e. The van der Waals surface area contributed by atoms with Crippen LogP contribution < -0.4 is 10.5 Å². The monoisotopic (exact) mass is 384 g/mol. The summed E-state index contributed by atoms with van der Waals surface area (Å²) in [6, 6.07) is 15.1. The van der Waals surface area contributed by atoms with Crippen molar-refractivity contribution in [2.75, 3.05) is 6.54 Å². The molecule has 3 atom stereocenters. The maximum Gasteiger partial charge on any atom is 0.238 e. The number of likely N-dealkylation sites (tertiary alicyclic amines) is 1. The molecule has 0 aromatic heterocycles. The molecule has 2 aromatic rings. The number of amides is 2. The number of fused-ring (bicyclic) bond motifs is 4. The number of carbonyl (C=O) groups excluding carboxylic acids is 2. The molecule has 1 saturated heterocycles. The van der Waals surface area contributed by atoms with E-state index in [0.717, 1.165) is 11.1 Å². The van der Waals surface area contributed by atoms with Crippen LogP contribution in [0.25, 0.3) is 0 Å². The molecular formula is C21H21ClN2O3. The first kappa shape index (κ1) is 17.9. The van der Waals surface area contributed by atoms with Gasteiger partial charge in [-0.2, -0.15) is 0 Å². The highest BCUT2D eigenvalue weighted by molar-refractivity contribution is 6.30. The first-order chi connectivity index (χ1) is 12.9. The first-order valence-electron chi connectivity index (χ1n) is 9.02. The lowest BCUT2D eigenvalue weighted by Gasteiger charge is -2.52. The minimum atomic E-state index is -0.873. The third-order valence-corrected chi connectivity index (χ3v) is 5.81. The standard InChI is InChI=1S/C21H21ClN2O3/c1-21-12-16(15-7-2-3-8-17(15)27-21)18(19(23)25)20(26)24(21)10-9-13-5-4-6-14(22)11-13/h2-8,11,16,18H,9-10,12H2,1H3,(H2,23,25). The summed E-state index contributed by atoms with van der Waals surface area (Å²) in [7, 11) is 0. The predicted octanol–water partition coefficient (Wildman–Crippen LogP) is 3.11. The van der Waals surface area contributed by atoms with Gasteiger partial charge in [-0.25, -0.2) is 0 Å². The maximum absolute atomic E-state index is 13.2. The third-order valence-electron chi connectivity index (χ3n) is 5.57. The molecule has 0 radical (unpaired) electrons. The van der Waals surface area contributed by atoms with E-state index in [1.807, 2.05) is 55.5 Å². The summed E-state index contributed by atoms with van der Waals surface area (Å²) in [4.78, 5) is 27.0. The summed E-state index contributed by atoms with van der Waals surface area (Å²) < 4.78 is 6.24. The van der Waals surface area contributed by atoms with Gasteiger partial charge in [-0.3, -0.25) is 9.59 Å². The molecule has 4 rings (SSSR count). The summed E-state index contributed by atoms with van der Waals surface area (Å²) in [6.45, 7) is 2.33. The highest BCUT2D eigenvalue weighted by Gasteiger charge is 2.55. The second-order valence-corrected chi connectivity index (χ2v) is 7.81. The SMILES string of the molecule is CC12CC(c3ccccc3O1)C(C(N)=O)C(=O)N2CCc1cccc(Cl)c1. The van der Waals surface area contributed by atoms with Crippen LogP contribution in [0.15, 0.2) is 48.5 Å². The molecule has 3 unspecified atom stereocenters. The molecule has 2 aliphatic heterocycles. The number of benzene rings is 2. The van der Waals surface area contributed by atoms with Crippen LogP contribution in [0.2, 0.25) is 5.02 Å². The molecule has 2 aliphatic rings. The lowest BCUT2D eigenvalue weighted by atomic mass is 9.73. The molecular weight excluding hydrogens is 364 g/mol. The molecule has 0 saturated carbocycles. The van der Waals surface area contributed by atoms with Crippen molar-refractivity contribution in [3.05, 3.63) is 64.7 Å². The molecule has 6 heteroatoms. The number of carbonyl (C=O) groups is 2. The van der Waals surface area contributed by atoms with Crippen LogP contribution in [-0.2, 0) is 16.0 Å². The maximum atomic E-state index is 13.2. The number of piperidine rings is 1. The van der Waals surface area contributed by atoms with Crippen LogP contribution in [0.1, 0.15) is 30.4 Å². The van der Waals surface area contributed by atoms with Gasteiger partial charge in [0, 0.05) is 23.9 Å². The van der Waals surface area contributed by atoms with Gasteiger partial charge in [0.2, 0.25) is 11.8 Å². The Kier molecular flexibility index (Phi) is 4.35. The van der Waals surface area contributed by atoms with Crippen molar-refractivity contribution < 1.29 is 14.3 Å². The Labute approximate surface area is 163 Å². The minimum absolute atomic E-state index is 0.257. The van der Waals surface area contributed by atoms with Crippen molar-refractivity contribution >= 4 is 23.4 Å². The number of halogens is 1. The zero-order valence-corrected chi connectivity index (χ0v) is 15.8. The summed E-state index contributed by atoms with van der Waals surface area (Å²) in [5.41, 5.74) is 6.73. The smallest absolute Gasteiger partial charge is 0.238 e. The van der Waals surface area contributed by atoms with Gasteiger partial charge in [0.25, 0.3) is 0 Å². The Bertz CT molecular complexity index is 916. The average molecular weight is 385 g/mol. The molecule has 27 heavy (non-hydrogen) atoms. The van der Waals surface area contributed by atoms with Crippen molar-refractivity contribution in [2.24, 2.45) is 11.7 Å². The number of hydrogen-bond donors (Lipinski definition) is 1. The Hall–Kier alpha value is -2.53. The average Bonchev–Trinajstić information content (AvgIpc) is 2.61. The van der Waals surface area contributed by atoms with Crippen LogP contribution in [0.3, 0.4) is 0 Å². The van der Waals surface area contributed by atoms with Gasteiger partial charge in [0.1, 0.15) is 11.7 Å². The Morgan fingerprint density at radius 2 is 2.07 bits per heavy atom. The number of nitrogens with two attached hydrogens (primary N) is 1. The van der Waals surface area contributed by atoms with Crippen molar-refractivity contribution in [1.82, 2.24) is 4.90 Å². The van der Waals surface area contributed by atoms with Crippen molar-refractivity contribution in [3.63, 3.8) is 0 Å². The van der Waals surface area contributed by atoms with Crippen LogP contribution >= 0.6 is 11.6 Å². The summed E-state index contributed by atoms with van der Waals surface area (Å²) >= 11 is 6.06. The van der Waals surface area contributed by atoms with E-state index in [1.54, 1.807) is 4.90 Å². The fraction of sp³-hybridized carbons (Fsp3) is 0.333. The quantitative estimate of drug-likeness (QED) is 0.823. The van der Waals surface area contributed by atoms with E-state index in [1.165, 1.54) is 0 Å². The summed E-state index contributed by atoms with van der Waals surface area (Å²) in [5, 5.41) is 0.654. The number of primary amides is 1. The van der Waals surface area contributed by atoms with Crippen molar-refractivity contribution in [2.45, 2.75) is 31.4 Å². The van der Waals surface area contributed by atoms with Gasteiger partial charge >= 0.3 is 0 Å². The zero-order valence-electron chi connectivity index (χ0n) is 15.0. The molecule has 1 fully saturated rings. The van der Waals surface area contributed by atoms with Gasteiger partial charge in [0.05, 0.1) is 0 Å². The molecule has 2 N–H and O–H groups in total. The van der Waals surface area contributed by atoms with Gasteiger partial charge < -0.3 is 15.4 Å². The number of hydrogen-bond acceptors (Lipinski definition) is 3. The Balaban J connectivity index is 1.68. The molecule has 0 spiro atoms. The van der Waals surface area contributed by atoms with E-state index in [-0.39, 0.29) is 11.8 Å². The van der Waals surface area contributed by atoms with Crippen LogP contribution in [-0.4, -0.2) is 29.0 Å². The second kappa shape index (κ2) is 6.57. The number of rotatable bonds is 4. The lowest BCUT2D eigenvalue weighted by Crippen LogP contribution is -2.64. The number of nitrogens with zero attached hydrogens (tertiary/aromatic N) is 1. The predicted molar refractivity (Wildman–Crippen MR) is 102 cm³/mol. The highest BCUT2D eigenvalue weighted by atomic mass is 35.5. The Morgan fingerprint density at radius 3 is 2.81 bits per heavy atom. The number of ether oxygens (including phenoxy) is 1. The zero-order chi connectivity index (χ0) is 19.2. The number of para-hydroxylation sites is 1. The molecule has 2 amide bonds. The van der Waals surface area contributed by atoms with Gasteiger partial charge in [-0.05, 0) is 42.7 Å². The summed E-state index contributed by atoms with van der Waals surface area (Å²) in [6.07, 6.45) is 1.15. The fourth-order valence-electron chi connectivity index (χ4n) is 4.31. The van der Waals surface area contributed by atoms with Crippen molar-refractivity contribution in [3.8, 4) is 5.75 Å². The van der Waals surface area contributed by atoms with E-state index < -0.39 is 17.6 Å². The first-order valence-corrected chi connectivity index (χ1v) is 9.40. The molecule has 2 heterocycles. The van der Waals surface area contributed by atoms with E-state index in [9.17, 15) is 9.59 Å². The topological polar surface area (TPSA) is 72.6 Å². The molecule has 2 aromatic carbocycles. The van der Waals surface area contributed by atoms with Crippen LogP contribution in [0.4, 0.5) is 0 Å². The van der Waals surface area contributed by atoms with E-state index >= 15 is 0 Å². The van der Waals surface area contributed by atoms with Gasteiger partial charge in [-0.1, -0.05) is 41.9 Å². The van der Waals surface area contributed by atoms with E-state index in [4.69, 9.17) is 22.1 Å². The lowest BCUT2D eigenvalue weighted by molar-refractivity contribution is -0.175. The normalized spacial score (nSPS) is 26.3. The van der Waals surface area contributed by atoms with Crippen molar-refractivity contribution in [1.29, 1.82) is 0 Å². The largest absolute Gasteiger partial charge is 0.468 e. The molecule has 0 aliphatic carbocycles. The summed E-state index contributed by atoms with van der Waals surface area (Å²) in [5.74, 6) is -1.27. The van der Waals surface area contributed by atoms with Gasteiger partial charge in [0.15, 0.2) is 5.72 Å². The second-order valence-electron chi connectivity index (χ2n) is 7.38. The molecule has 2 bridgehead atoms. The van der Waals surface area contributed by atoms with Crippen LogP contribution in [0.5, 0.6) is 5.75 Å². The Morgan fingerprint density at radius 1 is 1.30 bits per heavy atom. The van der Waals surface area contributed by atoms with Gasteiger partial charge in [-0.15, -0.1) is 0 Å². The van der Waals surface area contributed by atoms with Crippen LogP contribution in [0, 0.1) is 5.92 Å². The third kappa shape index (κ3) is 3.06. The molecule has 5 nitrogen and oxygen atoms in total. The van der Waals surface area contributed by atoms with E-state index in [2.05, 4.69) is 0 Å². The highest BCUT2D eigenvalue weighted by Crippen LogP contribution is 2.49. The van der Waals surface area contributed by atoms with E-state index in [0.29, 0.717) is 30.2 Å². The fourth-order valence-corrected chi connectivity index (χ4v) is 4.53. The molecule has 140 valence electrons.